The van der Waals surface area contributed by atoms with Crippen LogP contribution in [0.5, 0.6) is 0 Å². The average molecular weight is 212 g/mol. The molecule has 0 aliphatic carbocycles. The highest BCUT2D eigenvalue weighted by Gasteiger charge is 2.27. The third-order valence-corrected chi connectivity index (χ3v) is 1.84. The van der Waals surface area contributed by atoms with Crippen molar-refractivity contribution in [1.29, 1.82) is 0 Å². The Hall–Kier alpha value is -1.92. The molecule has 1 aromatic heterocycles. The zero-order chi connectivity index (χ0) is 11.6. The molecule has 15 heavy (non-hydrogen) atoms. The fourth-order valence-electron chi connectivity index (χ4n) is 1.29. The molecule has 7 nitrogen and oxygen atoms in total. The molecule has 0 aliphatic rings. The van der Waals surface area contributed by atoms with Crippen molar-refractivity contribution in [2.24, 2.45) is 11.7 Å². The van der Waals surface area contributed by atoms with Gasteiger partial charge in [0.15, 0.2) is 0 Å². The molecule has 0 saturated carbocycles. The van der Waals surface area contributed by atoms with Gasteiger partial charge in [0, 0.05) is 0 Å². The summed E-state index contributed by atoms with van der Waals surface area (Å²) in [7, 11) is 0. The van der Waals surface area contributed by atoms with E-state index in [4.69, 9.17) is 5.73 Å². The Kier molecular flexibility index (Phi) is 3.03. The summed E-state index contributed by atoms with van der Waals surface area (Å²) in [5, 5.41) is 16.8. The number of primary amides is 1. The van der Waals surface area contributed by atoms with E-state index in [0.717, 1.165) is 0 Å². The van der Waals surface area contributed by atoms with Gasteiger partial charge in [0.05, 0.1) is 4.92 Å². The van der Waals surface area contributed by atoms with Gasteiger partial charge in [-0.1, -0.05) is 13.8 Å². The number of nitrogens with two attached hydrogens (primary N) is 1. The molecule has 1 rings (SSSR count). The second kappa shape index (κ2) is 4.07. The number of rotatable bonds is 4. The molecule has 82 valence electrons. The van der Waals surface area contributed by atoms with E-state index in [-0.39, 0.29) is 17.3 Å². The Bertz CT molecular complexity index is 397. The van der Waals surface area contributed by atoms with Crippen molar-refractivity contribution in [3.63, 3.8) is 0 Å². The number of hydrogen-bond donors (Lipinski definition) is 2. The first kappa shape index (κ1) is 11.2. The van der Waals surface area contributed by atoms with E-state index in [9.17, 15) is 14.9 Å². The molecule has 3 N–H and O–H groups in total. The number of nitrogens with one attached hydrogen (secondary N) is 1. The Labute approximate surface area is 85.8 Å². The highest BCUT2D eigenvalue weighted by molar-refractivity contribution is 5.95. The monoisotopic (exact) mass is 212 g/mol. The second-order valence-electron chi connectivity index (χ2n) is 3.62. The van der Waals surface area contributed by atoms with Gasteiger partial charge in [-0.05, 0) is 12.3 Å². The van der Waals surface area contributed by atoms with E-state index in [1.165, 1.54) is 0 Å². The van der Waals surface area contributed by atoms with Crippen LogP contribution in [0, 0.1) is 16.0 Å². The van der Waals surface area contributed by atoms with E-state index in [0.29, 0.717) is 12.1 Å². The average Bonchev–Trinajstić information content (AvgIpc) is 2.46. The van der Waals surface area contributed by atoms with Crippen LogP contribution in [0.25, 0.3) is 0 Å². The van der Waals surface area contributed by atoms with Crippen molar-refractivity contribution in [2.75, 3.05) is 0 Å². The van der Waals surface area contributed by atoms with Crippen LogP contribution in [0.2, 0.25) is 0 Å². The third kappa shape index (κ3) is 2.30. The number of aromatic nitrogens is 2. The van der Waals surface area contributed by atoms with Crippen molar-refractivity contribution in [3.05, 3.63) is 21.5 Å². The van der Waals surface area contributed by atoms with Crippen molar-refractivity contribution < 1.29 is 9.72 Å². The molecular formula is C8H12N4O3. The molecule has 1 heterocycles. The summed E-state index contributed by atoms with van der Waals surface area (Å²) in [5.74, 6) is -0.669. The molecule has 0 spiro atoms. The second-order valence-corrected chi connectivity index (χ2v) is 3.62. The summed E-state index contributed by atoms with van der Waals surface area (Å²) >= 11 is 0. The molecule has 0 aliphatic heterocycles. The van der Waals surface area contributed by atoms with Gasteiger partial charge >= 0.3 is 5.69 Å². The quantitative estimate of drug-likeness (QED) is 0.562. The Morgan fingerprint density at radius 3 is 2.67 bits per heavy atom. The fourth-order valence-corrected chi connectivity index (χ4v) is 1.29. The highest BCUT2D eigenvalue weighted by atomic mass is 16.6. The SMILES string of the molecule is CC(C)Cc1[nH]nc(C(N)=O)c1[N+](=O)[O-]. The maximum Gasteiger partial charge on any atom is 0.322 e. The van der Waals surface area contributed by atoms with Crippen LogP contribution in [0.1, 0.15) is 30.0 Å². The van der Waals surface area contributed by atoms with Crippen molar-refractivity contribution in [2.45, 2.75) is 20.3 Å². The molecule has 0 saturated heterocycles. The lowest BCUT2D eigenvalue weighted by Crippen LogP contribution is -2.13. The van der Waals surface area contributed by atoms with E-state index in [1.807, 2.05) is 13.8 Å². The molecule has 0 radical (unpaired) electrons. The van der Waals surface area contributed by atoms with Crippen LogP contribution in [0.4, 0.5) is 5.69 Å². The zero-order valence-corrected chi connectivity index (χ0v) is 8.48. The largest absolute Gasteiger partial charge is 0.364 e. The van der Waals surface area contributed by atoms with E-state index in [2.05, 4.69) is 10.2 Å². The Balaban J connectivity index is 3.18. The number of aromatic amines is 1. The first-order valence-electron chi connectivity index (χ1n) is 4.45. The van der Waals surface area contributed by atoms with Crippen molar-refractivity contribution in [1.82, 2.24) is 10.2 Å². The lowest BCUT2D eigenvalue weighted by Gasteiger charge is -2.00. The predicted molar refractivity (Wildman–Crippen MR) is 52.3 cm³/mol. The Morgan fingerprint density at radius 2 is 2.27 bits per heavy atom. The summed E-state index contributed by atoms with van der Waals surface area (Å²) in [4.78, 5) is 21.0. The molecule has 0 aromatic carbocycles. The minimum Gasteiger partial charge on any atom is -0.364 e. The van der Waals surface area contributed by atoms with Gasteiger partial charge in [-0.2, -0.15) is 5.10 Å². The molecular weight excluding hydrogens is 200 g/mol. The van der Waals surface area contributed by atoms with E-state index < -0.39 is 10.8 Å². The summed E-state index contributed by atoms with van der Waals surface area (Å²) in [6, 6.07) is 0. The van der Waals surface area contributed by atoms with Gasteiger partial charge in [-0.15, -0.1) is 0 Å². The van der Waals surface area contributed by atoms with E-state index in [1.54, 1.807) is 0 Å². The molecule has 0 bridgehead atoms. The lowest BCUT2D eigenvalue weighted by atomic mass is 10.1. The van der Waals surface area contributed by atoms with Crippen LogP contribution in [-0.4, -0.2) is 21.0 Å². The molecule has 7 heteroatoms. The van der Waals surface area contributed by atoms with Gasteiger partial charge in [0.1, 0.15) is 5.69 Å². The fraction of sp³-hybridized carbons (Fsp3) is 0.500. The van der Waals surface area contributed by atoms with Crippen LogP contribution in [0.15, 0.2) is 0 Å². The number of H-pyrrole nitrogens is 1. The van der Waals surface area contributed by atoms with Gasteiger partial charge in [0.25, 0.3) is 5.91 Å². The number of hydrogen-bond acceptors (Lipinski definition) is 4. The van der Waals surface area contributed by atoms with Crippen LogP contribution >= 0.6 is 0 Å². The smallest absolute Gasteiger partial charge is 0.322 e. The van der Waals surface area contributed by atoms with Gasteiger partial charge in [0.2, 0.25) is 5.69 Å². The molecule has 1 aromatic rings. The maximum absolute atomic E-state index is 10.9. The van der Waals surface area contributed by atoms with Crippen molar-refractivity contribution >= 4 is 11.6 Å². The zero-order valence-electron chi connectivity index (χ0n) is 8.48. The van der Waals surface area contributed by atoms with Crippen LogP contribution in [-0.2, 0) is 6.42 Å². The number of nitro groups is 1. The van der Waals surface area contributed by atoms with Gasteiger partial charge in [-0.25, -0.2) is 0 Å². The minimum absolute atomic E-state index is 0.227. The number of amides is 1. The predicted octanol–water partition coefficient (Wildman–Crippen LogP) is 0.615. The van der Waals surface area contributed by atoms with Gasteiger partial charge < -0.3 is 5.73 Å². The summed E-state index contributed by atoms with van der Waals surface area (Å²) in [6.45, 7) is 3.82. The first-order chi connectivity index (χ1) is 6.93. The number of carbonyl (C=O) groups is 1. The summed E-state index contributed by atoms with van der Waals surface area (Å²) < 4.78 is 0. The molecule has 0 unspecified atom stereocenters. The lowest BCUT2D eigenvalue weighted by molar-refractivity contribution is -0.385. The highest BCUT2D eigenvalue weighted by Crippen LogP contribution is 2.22. The Morgan fingerprint density at radius 1 is 1.67 bits per heavy atom. The number of carbonyl (C=O) groups excluding carboxylic acids is 1. The third-order valence-electron chi connectivity index (χ3n) is 1.84. The molecule has 0 atom stereocenters. The number of nitrogens with zero attached hydrogens (tertiary/aromatic N) is 2. The van der Waals surface area contributed by atoms with Crippen molar-refractivity contribution in [3.8, 4) is 0 Å². The van der Waals surface area contributed by atoms with Crippen LogP contribution in [0.3, 0.4) is 0 Å². The molecule has 1 amide bonds. The van der Waals surface area contributed by atoms with E-state index >= 15 is 0 Å². The maximum atomic E-state index is 10.9. The summed E-state index contributed by atoms with van der Waals surface area (Å²) in [6.07, 6.45) is 0.455. The topological polar surface area (TPSA) is 115 Å². The standard InChI is InChI=1S/C8H12N4O3/c1-4(2)3-5-7(12(14)15)6(8(9)13)11-10-5/h4H,3H2,1-2H3,(H2,9,13)(H,10,11). The minimum atomic E-state index is -0.895. The first-order valence-corrected chi connectivity index (χ1v) is 4.45. The van der Waals surface area contributed by atoms with Crippen LogP contribution < -0.4 is 5.73 Å². The molecule has 0 fully saturated rings. The van der Waals surface area contributed by atoms with Gasteiger partial charge in [-0.3, -0.25) is 20.0 Å². The normalized spacial score (nSPS) is 10.6. The summed E-state index contributed by atoms with van der Waals surface area (Å²) in [5.41, 5.74) is 4.69.